The highest BCUT2D eigenvalue weighted by molar-refractivity contribution is 6.03. The molecule has 0 radical (unpaired) electrons. The van der Waals surface area contributed by atoms with Crippen LogP contribution in [0.15, 0.2) is 182 Å². The summed E-state index contributed by atoms with van der Waals surface area (Å²) in [5, 5.41) is 11.2. The minimum atomic E-state index is 0.132. The standard InChI is InChI=1S/C59H62.C31H46/c1-43-33-35-55-56-36-34-44(2)40-58(56)59(57(55)39-43,37-21-9-5-3-7-11-31-53-49-27-17-13-23-45(49)41-46-24-14-18-28-50(46)53)38-22-10-6-4-8-12-32-54-51-29-19-15-25-47(51)42-48-26-16-20-30-52(48)54;1-5-7-9-11-13-15-21-31(22-16-14-12-10-8-6-2)29-23-25(3)17-19-27(29)28-20-18-26(4)24-30(28)31/h13-20,23-30,33-36,39-42H,3-12,21-22,31-32,37-38H2,1-2H3;17-20,23-24H,5-16,21-22H2,1-4H3. The molecule has 0 N–H and O–H groups in total. The fourth-order valence-electron chi connectivity index (χ4n) is 16.8. The van der Waals surface area contributed by atoms with Crippen LogP contribution in [0.2, 0.25) is 0 Å². The third-order valence-corrected chi connectivity index (χ3v) is 21.6. The van der Waals surface area contributed by atoms with Gasteiger partial charge in [-0.25, -0.2) is 0 Å². The summed E-state index contributed by atoms with van der Waals surface area (Å²) >= 11 is 0. The normalized spacial score (nSPS) is 13.4. The van der Waals surface area contributed by atoms with Crippen LogP contribution in [0.4, 0.5) is 0 Å². The molecular weight excluding hydrogens is 1080 g/mol. The van der Waals surface area contributed by atoms with Gasteiger partial charge in [0.05, 0.1) is 0 Å². The van der Waals surface area contributed by atoms with Crippen LogP contribution in [0, 0.1) is 27.7 Å². The van der Waals surface area contributed by atoms with Crippen molar-refractivity contribution >= 4 is 43.1 Å². The predicted molar refractivity (Wildman–Crippen MR) is 395 cm³/mol. The van der Waals surface area contributed by atoms with Crippen molar-refractivity contribution in [3.8, 4) is 22.3 Å². The van der Waals surface area contributed by atoms with Crippen molar-refractivity contribution in [1.82, 2.24) is 0 Å². The van der Waals surface area contributed by atoms with Crippen molar-refractivity contribution in [1.29, 1.82) is 0 Å². The van der Waals surface area contributed by atoms with Gasteiger partial charge in [-0.2, -0.15) is 0 Å². The first kappa shape index (κ1) is 64.8. The maximum absolute atomic E-state index is 2.55. The van der Waals surface area contributed by atoms with Gasteiger partial charge in [-0.3, -0.25) is 0 Å². The first-order chi connectivity index (χ1) is 44.2. The molecule has 10 aromatic rings. The Morgan fingerprint density at radius 2 is 0.467 bits per heavy atom. The average Bonchev–Trinajstić information content (AvgIpc) is 1.60. The molecular formula is C90H108. The molecule has 0 heteroatoms. The zero-order chi connectivity index (χ0) is 62.1. The summed E-state index contributed by atoms with van der Waals surface area (Å²) in [5.74, 6) is 0. The van der Waals surface area contributed by atoms with Gasteiger partial charge in [0, 0.05) is 10.8 Å². The molecule has 2 aliphatic carbocycles. The van der Waals surface area contributed by atoms with Gasteiger partial charge in [-0.15, -0.1) is 0 Å². The molecule has 0 atom stereocenters. The zero-order valence-electron chi connectivity index (χ0n) is 56.5. The van der Waals surface area contributed by atoms with Crippen LogP contribution in [-0.4, -0.2) is 0 Å². The summed E-state index contributed by atoms with van der Waals surface area (Å²) in [7, 11) is 0. The molecule has 0 unspecified atom stereocenters. The second-order valence-corrected chi connectivity index (χ2v) is 28.2. The monoisotopic (exact) mass is 1190 g/mol. The number of fused-ring (bicyclic) bond motifs is 10. The van der Waals surface area contributed by atoms with Crippen LogP contribution in [0.1, 0.15) is 249 Å². The van der Waals surface area contributed by atoms with Gasteiger partial charge in [0.15, 0.2) is 0 Å². The van der Waals surface area contributed by atoms with E-state index in [0.29, 0.717) is 0 Å². The molecule has 0 spiro atoms. The number of hydrogen-bond donors (Lipinski definition) is 0. The SMILES string of the molecule is CCCCCCCCC1(CCCCCCCC)c2cc(C)ccc2-c2ccc(C)cc21.Cc1ccc2c(c1)C(CCCCCCCCc1c3ccccc3cc3ccccc13)(CCCCCCCCc1c3ccccc3cc3ccccc13)c1cc(C)ccc1-2. The Balaban J connectivity index is 0.000000227. The average molecular weight is 1190 g/mol. The van der Waals surface area contributed by atoms with E-state index in [9.17, 15) is 0 Å². The molecule has 10 aromatic carbocycles. The quantitative estimate of drug-likeness (QED) is 0.0291. The van der Waals surface area contributed by atoms with Crippen LogP contribution < -0.4 is 0 Å². The van der Waals surface area contributed by atoms with E-state index in [1.165, 1.54) is 280 Å². The summed E-state index contributed by atoms with van der Waals surface area (Å²) in [4.78, 5) is 0. The number of aryl methyl sites for hydroxylation is 6. The minimum Gasteiger partial charge on any atom is -0.0654 e. The lowest BCUT2D eigenvalue weighted by Gasteiger charge is -2.33. The van der Waals surface area contributed by atoms with Gasteiger partial charge in [-0.1, -0.05) is 347 Å². The Hall–Kier alpha value is -6.76. The van der Waals surface area contributed by atoms with Crippen molar-refractivity contribution in [2.24, 2.45) is 0 Å². The van der Waals surface area contributed by atoms with Crippen molar-refractivity contribution < 1.29 is 0 Å². The Bertz CT molecular complexity index is 3590. The first-order valence-corrected chi connectivity index (χ1v) is 36.5. The van der Waals surface area contributed by atoms with E-state index in [-0.39, 0.29) is 10.8 Å². The van der Waals surface area contributed by atoms with E-state index >= 15 is 0 Å². The van der Waals surface area contributed by atoms with Crippen LogP contribution in [-0.2, 0) is 23.7 Å². The maximum atomic E-state index is 2.55. The summed E-state index contributed by atoms with van der Waals surface area (Å²) < 4.78 is 0. The highest BCUT2D eigenvalue weighted by atomic mass is 14.5. The summed E-state index contributed by atoms with van der Waals surface area (Å²) in [6.07, 6.45) is 39.8. The molecule has 0 nitrogen and oxygen atoms in total. The predicted octanol–water partition coefficient (Wildman–Crippen LogP) is 27.2. The first-order valence-electron chi connectivity index (χ1n) is 36.5. The highest BCUT2D eigenvalue weighted by Gasteiger charge is 2.43. The molecule has 0 aliphatic heterocycles. The fraction of sp³-hybridized carbons (Fsp3) is 0.422. The molecule has 90 heavy (non-hydrogen) atoms. The third kappa shape index (κ3) is 14.9. The van der Waals surface area contributed by atoms with Crippen LogP contribution in [0.25, 0.3) is 65.3 Å². The van der Waals surface area contributed by atoms with Crippen molar-refractivity contribution in [3.05, 3.63) is 238 Å². The molecule has 0 fully saturated rings. The van der Waals surface area contributed by atoms with E-state index in [1.807, 2.05) is 0 Å². The lowest BCUT2D eigenvalue weighted by molar-refractivity contribution is 0.397. The largest absolute Gasteiger partial charge is 0.0654 e. The molecule has 0 heterocycles. The number of unbranched alkanes of at least 4 members (excludes halogenated alkanes) is 20. The smallest absolute Gasteiger partial charge is 0.0215 e. The van der Waals surface area contributed by atoms with Gasteiger partial charge < -0.3 is 0 Å². The molecule has 0 aromatic heterocycles. The van der Waals surface area contributed by atoms with Gasteiger partial charge >= 0.3 is 0 Å². The van der Waals surface area contributed by atoms with Gasteiger partial charge in [-0.05, 0) is 190 Å². The maximum Gasteiger partial charge on any atom is 0.0215 e. The van der Waals surface area contributed by atoms with Crippen molar-refractivity contribution in [2.75, 3.05) is 0 Å². The molecule has 0 bridgehead atoms. The lowest BCUT2D eigenvalue weighted by atomic mass is 9.70. The van der Waals surface area contributed by atoms with Gasteiger partial charge in [0.25, 0.3) is 0 Å². The van der Waals surface area contributed by atoms with E-state index in [0.717, 1.165) is 0 Å². The van der Waals surface area contributed by atoms with Crippen molar-refractivity contribution in [3.63, 3.8) is 0 Å². The molecule has 2 aliphatic rings. The van der Waals surface area contributed by atoms with E-state index < -0.39 is 0 Å². The topological polar surface area (TPSA) is 0 Å². The van der Waals surface area contributed by atoms with E-state index in [1.54, 1.807) is 33.4 Å². The van der Waals surface area contributed by atoms with E-state index in [4.69, 9.17) is 0 Å². The van der Waals surface area contributed by atoms with Gasteiger partial charge in [0.2, 0.25) is 0 Å². The van der Waals surface area contributed by atoms with Crippen LogP contribution >= 0.6 is 0 Å². The Morgan fingerprint density at radius 1 is 0.233 bits per heavy atom. The summed E-state index contributed by atoms with van der Waals surface area (Å²) in [5.41, 5.74) is 21.6. The van der Waals surface area contributed by atoms with Crippen LogP contribution in [0.5, 0.6) is 0 Å². The number of rotatable bonds is 32. The third-order valence-electron chi connectivity index (χ3n) is 21.6. The van der Waals surface area contributed by atoms with Crippen molar-refractivity contribution in [2.45, 2.75) is 245 Å². The number of benzene rings is 10. The molecule has 12 rings (SSSR count). The van der Waals surface area contributed by atoms with Gasteiger partial charge in [0.1, 0.15) is 0 Å². The Kier molecular flexibility index (Phi) is 22.7. The molecule has 468 valence electrons. The summed E-state index contributed by atoms with van der Waals surface area (Å²) in [6.45, 7) is 13.8. The van der Waals surface area contributed by atoms with E-state index in [2.05, 4.69) is 224 Å². The Labute approximate surface area is 544 Å². The summed E-state index contributed by atoms with van der Waals surface area (Å²) in [6, 6.07) is 69.8. The zero-order valence-corrected chi connectivity index (χ0v) is 56.5. The Morgan fingerprint density at radius 3 is 0.733 bits per heavy atom. The lowest BCUT2D eigenvalue weighted by Crippen LogP contribution is -2.25. The highest BCUT2D eigenvalue weighted by Crippen LogP contribution is 2.56. The molecule has 0 saturated carbocycles. The van der Waals surface area contributed by atoms with Crippen LogP contribution in [0.3, 0.4) is 0 Å². The second kappa shape index (κ2) is 31.5. The second-order valence-electron chi connectivity index (χ2n) is 28.2. The number of hydrogen-bond acceptors (Lipinski definition) is 0. The minimum absolute atomic E-state index is 0.132. The fourth-order valence-corrected chi connectivity index (χ4v) is 16.8. The molecule has 0 amide bonds. The molecule has 0 saturated heterocycles.